The minimum Gasteiger partial charge on any atom is -0.434 e. The average molecular weight is 115 g/mol. The first kappa shape index (κ1) is 5.44. The summed E-state index contributed by atoms with van der Waals surface area (Å²) in [5, 5.41) is 8.54. The van der Waals surface area contributed by atoms with Crippen LogP contribution in [0.2, 0.25) is 0 Å². The van der Waals surface area contributed by atoms with Gasteiger partial charge in [-0.2, -0.15) is 0 Å². The number of aliphatic hydroxyl groups is 1. The highest BCUT2D eigenvalue weighted by Crippen LogP contribution is 2.17. The monoisotopic (exact) mass is 115 g/mol. The van der Waals surface area contributed by atoms with E-state index in [9.17, 15) is 0 Å². The predicted molar refractivity (Wildman–Crippen MR) is 26.2 cm³/mol. The van der Waals surface area contributed by atoms with Crippen LogP contribution in [0.4, 0.5) is 0 Å². The molecule has 1 heterocycles. The second-order valence-electron chi connectivity index (χ2n) is 1.52. The predicted octanol–water partition coefficient (Wildman–Crippen LogP) is 0.375. The minimum atomic E-state index is -1.14. The summed E-state index contributed by atoms with van der Waals surface area (Å²) in [6, 6.07) is 0. The zero-order valence-electron chi connectivity index (χ0n) is 4.55. The lowest BCUT2D eigenvalue weighted by Crippen LogP contribution is -2.05. The molecule has 0 saturated heterocycles. The third kappa shape index (κ3) is 0.767. The summed E-state index contributed by atoms with van der Waals surface area (Å²) in [7, 11) is 0. The van der Waals surface area contributed by atoms with Gasteiger partial charge in [-0.25, -0.2) is 0 Å². The molecule has 1 radical (unpaired) electrons. The molecule has 1 aliphatic rings. The van der Waals surface area contributed by atoms with Crippen molar-refractivity contribution in [3.8, 4) is 0 Å². The standard InChI is InChI=1S/C5H7O3/c1-3-4(2)8-5(6)7-3/h5-6H,1H2,2H3. The SMILES string of the molecule is [CH2]C1=C(C)OC(O)O1. The Hall–Kier alpha value is -0.700. The van der Waals surface area contributed by atoms with Crippen molar-refractivity contribution in [3.63, 3.8) is 0 Å². The Morgan fingerprint density at radius 2 is 2.25 bits per heavy atom. The molecule has 3 heteroatoms. The van der Waals surface area contributed by atoms with E-state index in [0.29, 0.717) is 11.5 Å². The summed E-state index contributed by atoms with van der Waals surface area (Å²) in [6.45, 7) is 3.98. The first-order valence-corrected chi connectivity index (χ1v) is 2.24. The van der Waals surface area contributed by atoms with Crippen molar-refractivity contribution in [2.75, 3.05) is 0 Å². The molecular weight excluding hydrogens is 108 g/mol. The second kappa shape index (κ2) is 1.67. The van der Waals surface area contributed by atoms with Crippen LogP contribution >= 0.6 is 0 Å². The zero-order valence-corrected chi connectivity index (χ0v) is 4.55. The lowest BCUT2D eigenvalue weighted by Gasteiger charge is -2.00. The molecule has 3 nitrogen and oxygen atoms in total. The molecule has 1 aliphatic heterocycles. The molecule has 0 aromatic rings. The molecule has 0 aromatic carbocycles. The molecule has 45 valence electrons. The maximum atomic E-state index is 8.54. The van der Waals surface area contributed by atoms with E-state index in [0.717, 1.165) is 0 Å². The van der Waals surface area contributed by atoms with Crippen LogP contribution in [-0.4, -0.2) is 11.6 Å². The van der Waals surface area contributed by atoms with Crippen molar-refractivity contribution < 1.29 is 14.6 Å². The number of rotatable bonds is 0. The molecule has 1 N–H and O–H groups in total. The Balaban J connectivity index is 2.60. The number of ether oxygens (including phenoxy) is 2. The van der Waals surface area contributed by atoms with Gasteiger partial charge in [-0.05, 0) is 6.92 Å². The van der Waals surface area contributed by atoms with Crippen LogP contribution in [0, 0.1) is 6.92 Å². The minimum absolute atomic E-state index is 0.400. The summed E-state index contributed by atoms with van der Waals surface area (Å²) in [5.41, 5.74) is 0. The second-order valence-corrected chi connectivity index (χ2v) is 1.52. The molecule has 0 fully saturated rings. The van der Waals surface area contributed by atoms with Gasteiger partial charge in [0.15, 0.2) is 0 Å². The van der Waals surface area contributed by atoms with Gasteiger partial charge in [-0.3, -0.25) is 0 Å². The fraction of sp³-hybridized carbons (Fsp3) is 0.400. The van der Waals surface area contributed by atoms with Crippen LogP contribution < -0.4 is 0 Å². The summed E-state index contributed by atoms with van der Waals surface area (Å²) in [6.07, 6.45) is 0. The maximum Gasteiger partial charge on any atom is 0.357 e. The largest absolute Gasteiger partial charge is 0.434 e. The van der Waals surface area contributed by atoms with Crippen LogP contribution in [0.5, 0.6) is 0 Å². The quantitative estimate of drug-likeness (QED) is 0.495. The van der Waals surface area contributed by atoms with E-state index in [1.54, 1.807) is 6.92 Å². The maximum absolute atomic E-state index is 8.54. The smallest absolute Gasteiger partial charge is 0.357 e. The molecule has 0 aliphatic carbocycles. The van der Waals surface area contributed by atoms with Crippen molar-refractivity contribution in [2.24, 2.45) is 0 Å². The Bertz CT molecular complexity index is 114. The van der Waals surface area contributed by atoms with Gasteiger partial charge in [0.25, 0.3) is 0 Å². The van der Waals surface area contributed by atoms with Gasteiger partial charge >= 0.3 is 6.48 Å². The van der Waals surface area contributed by atoms with Crippen LogP contribution in [0.15, 0.2) is 11.5 Å². The van der Waals surface area contributed by atoms with E-state index in [2.05, 4.69) is 16.4 Å². The van der Waals surface area contributed by atoms with E-state index >= 15 is 0 Å². The van der Waals surface area contributed by atoms with Gasteiger partial charge in [-0.1, -0.05) is 0 Å². The molecule has 0 amide bonds. The fourth-order valence-corrected chi connectivity index (χ4v) is 0.446. The van der Waals surface area contributed by atoms with Gasteiger partial charge in [-0.15, -0.1) is 0 Å². The van der Waals surface area contributed by atoms with Crippen LogP contribution in [0.1, 0.15) is 6.92 Å². The normalized spacial score (nSPS) is 20.9. The molecule has 0 bridgehead atoms. The first-order chi connectivity index (χ1) is 3.70. The number of allylic oxidation sites excluding steroid dienone is 2. The van der Waals surface area contributed by atoms with Gasteiger partial charge < -0.3 is 14.6 Å². The third-order valence-electron chi connectivity index (χ3n) is 0.913. The Labute approximate surface area is 47.5 Å². The van der Waals surface area contributed by atoms with Gasteiger partial charge in [0.05, 0.1) is 0 Å². The van der Waals surface area contributed by atoms with Crippen molar-refractivity contribution in [1.29, 1.82) is 0 Å². The highest BCUT2D eigenvalue weighted by atomic mass is 16.8. The van der Waals surface area contributed by atoms with Crippen molar-refractivity contribution >= 4 is 0 Å². The molecule has 0 saturated carbocycles. The first-order valence-electron chi connectivity index (χ1n) is 2.24. The highest BCUT2D eigenvalue weighted by Gasteiger charge is 2.17. The molecule has 1 unspecified atom stereocenters. The number of hydrogen-bond donors (Lipinski definition) is 1. The van der Waals surface area contributed by atoms with Crippen LogP contribution in [0.25, 0.3) is 0 Å². The van der Waals surface area contributed by atoms with Gasteiger partial charge in [0, 0.05) is 6.92 Å². The fourth-order valence-electron chi connectivity index (χ4n) is 0.446. The summed E-state index contributed by atoms with van der Waals surface area (Å²) in [4.78, 5) is 0. The summed E-state index contributed by atoms with van der Waals surface area (Å²) < 4.78 is 9.20. The van der Waals surface area contributed by atoms with Gasteiger partial charge in [0.2, 0.25) is 0 Å². The van der Waals surface area contributed by atoms with E-state index in [1.807, 2.05) is 0 Å². The van der Waals surface area contributed by atoms with E-state index < -0.39 is 6.48 Å². The van der Waals surface area contributed by atoms with Crippen molar-refractivity contribution in [2.45, 2.75) is 13.4 Å². The number of hydrogen-bond acceptors (Lipinski definition) is 3. The topological polar surface area (TPSA) is 38.7 Å². The van der Waals surface area contributed by atoms with Crippen LogP contribution in [-0.2, 0) is 9.47 Å². The number of aliphatic hydroxyl groups excluding tert-OH is 1. The Kier molecular flexibility index (Phi) is 1.13. The van der Waals surface area contributed by atoms with E-state index in [-0.39, 0.29) is 0 Å². The summed E-state index contributed by atoms with van der Waals surface area (Å²) >= 11 is 0. The average Bonchev–Trinajstić information content (AvgIpc) is 1.85. The lowest BCUT2D eigenvalue weighted by atomic mass is 10.5. The van der Waals surface area contributed by atoms with Crippen molar-refractivity contribution in [1.82, 2.24) is 0 Å². The Morgan fingerprint density at radius 3 is 2.38 bits per heavy atom. The molecular formula is C5H7O3. The van der Waals surface area contributed by atoms with Crippen LogP contribution in [0.3, 0.4) is 0 Å². The molecule has 1 atom stereocenters. The molecule has 0 spiro atoms. The third-order valence-corrected chi connectivity index (χ3v) is 0.913. The summed E-state index contributed by atoms with van der Waals surface area (Å²) in [5.74, 6) is 0.940. The van der Waals surface area contributed by atoms with Crippen molar-refractivity contribution in [3.05, 3.63) is 18.4 Å². The highest BCUT2D eigenvalue weighted by molar-refractivity contribution is 5.04. The molecule has 1 rings (SSSR count). The van der Waals surface area contributed by atoms with Gasteiger partial charge in [0.1, 0.15) is 11.5 Å². The van der Waals surface area contributed by atoms with E-state index in [1.165, 1.54) is 0 Å². The zero-order chi connectivity index (χ0) is 6.15. The van der Waals surface area contributed by atoms with E-state index in [4.69, 9.17) is 5.11 Å². The molecule has 0 aromatic heterocycles. The Morgan fingerprint density at radius 1 is 1.62 bits per heavy atom. The lowest BCUT2D eigenvalue weighted by molar-refractivity contribution is -0.191. The molecule has 8 heavy (non-hydrogen) atoms.